The van der Waals surface area contributed by atoms with Crippen molar-refractivity contribution in [1.29, 1.82) is 0 Å². The van der Waals surface area contributed by atoms with Gasteiger partial charge in [-0.15, -0.1) is 0 Å². The maximum absolute atomic E-state index is 13.7. The van der Waals surface area contributed by atoms with Gasteiger partial charge in [0, 0.05) is 46.5 Å². The summed E-state index contributed by atoms with van der Waals surface area (Å²) < 4.78 is 37.9. The van der Waals surface area contributed by atoms with Crippen molar-refractivity contribution < 1.29 is 18.3 Å². The third-order valence-corrected chi connectivity index (χ3v) is 4.57. The molecule has 1 aromatic carbocycles. The fraction of sp³-hybridized carbons (Fsp3) is 0.650. The van der Waals surface area contributed by atoms with E-state index < -0.39 is 5.82 Å². The zero-order valence-electron chi connectivity index (χ0n) is 16.3. The molecule has 5 nitrogen and oxygen atoms in total. The molecule has 1 saturated heterocycles. The van der Waals surface area contributed by atoms with Crippen LogP contribution in [0.25, 0.3) is 0 Å². The quantitative estimate of drug-likeness (QED) is 0.405. The molecule has 0 unspecified atom stereocenters. The summed E-state index contributed by atoms with van der Waals surface area (Å²) in [4.78, 5) is 6.81. The second-order valence-electron chi connectivity index (χ2n) is 6.62. The molecule has 1 aliphatic rings. The van der Waals surface area contributed by atoms with E-state index in [-0.39, 0.29) is 11.9 Å². The van der Waals surface area contributed by atoms with E-state index in [1.165, 1.54) is 6.07 Å². The molecule has 0 saturated carbocycles. The van der Waals surface area contributed by atoms with Gasteiger partial charge in [0.05, 0.1) is 6.10 Å². The van der Waals surface area contributed by atoms with E-state index in [4.69, 9.17) is 9.47 Å². The minimum absolute atomic E-state index is 0.280. The van der Waals surface area contributed by atoms with E-state index in [1.54, 1.807) is 7.11 Å². The predicted molar refractivity (Wildman–Crippen MR) is 103 cm³/mol. The zero-order valence-corrected chi connectivity index (χ0v) is 16.3. The molecule has 1 heterocycles. The second kappa shape index (κ2) is 11.9. The van der Waals surface area contributed by atoms with Crippen LogP contribution in [-0.2, 0) is 15.9 Å². The first-order valence-corrected chi connectivity index (χ1v) is 9.71. The number of likely N-dealkylation sites (tertiary alicyclic amines) is 1. The summed E-state index contributed by atoms with van der Waals surface area (Å²) in [5.41, 5.74) is 0.359. The molecule has 152 valence electrons. The summed E-state index contributed by atoms with van der Waals surface area (Å²) in [6, 6.07) is 3.54. The molecule has 0 bridgehead atoms. The Bertz CT molecular complexity index is 591. The molecule has 27 heavy (non-hydrogen) atoms. The van der Waals surface area contributed by atoms with Crippen molar-refractivity contribution in [1.82, 2.24) is 10.2 Å². The van der Waals surface area contributed by atoms with Crippen LogP contribution in [0.1, 0.15) is 31.7 Å². The normalized spacial score (nSPS) is 16.0. The molecule has 0 amide bonds. The number of aliphatic imine (C=N–C) groups is 1. The van der Waals surface area contributed by atoms with E-state index in [0.29, 0.717) is 18.5 Å². The lowest BCUT2D eigenvalue weighted by Crippen LogP contribution is -2.47. The maximum Gasteiger partial charge on any atom is 0.193 e. The standard InChI is InChI=1S/C20H31F2N3O2/c1-3-23-20(24-10-7-16-15-17(21)5-6-19(16)22)25-11-8-18(9-12-25)27-14-4-13-26-2/h5-6,15,18H,3-4,7-14H2,1-2H3,(H,23,24). The highest BCUT2D eigenvalue weighted by Crippen LogP contribution is 2.15. The Hall–Kier alpha value is -1.73. The van der Waals surface area contributed by atoms with Gasteiger partial charge in [0.1, 0.15) is 11.6 Å². The maximum atomic E-state index is 13.7. The van der Waals surface area contributed by atoms with Crippen molar-refractivity contribution in [3.05, 3.63) is 35.4 Å². The van der Waals surface area contributed by atoms with Crippen molar-refractivity contribution in [2.24, 2.45) is 4.99 Å². The van der Waals surface area contributed by atoms with Gasteiger partial charge in [0.2, 0.25) is 0 Å². The van der Waals surface area contributed by atoms with Gasteiger partial charge < -0.3 is 19.7 Å². The topological polar surface area (TPSA) is 46.1 Å². The molecule has 0 spiro atoms. The average molecular weight is 383 g/mol. The number of nitrogens with zero attached hydrogens (tertiary/aromatic N) is 2. The van der Waals surface area contributed by atoms with E-state index in [0.717, 1.165) is 70.2 Å². The van der Waals surface area contributed by atoms with Crippen LogP contribution in [0.2, 0.25) is 0 Å². The van der Waals surface area contributed by atoms with Crippen LogP contribution in [0, 0.1) is 11.6 Å². The van der Waals surface area contributed by atoms with Gasteiger partial charge in [-0.2, -0.15) is 0 Å². The van der Waals surface area contributed by atoms with E-state index >= 15 is 0 Å². The van der Waals surface area contributed by atoms with Crippen LogP contribution in [-0.4, -0.2) is 63.5 Å². The number of methoxy groups -OCH3 is 1. The number of piperidine rings is 1. The molecule has 0 aromatic heterocycles. The first kappa shape index (κ1) is 21.6. The Morgan fingerprint density at radius 1 is 1.26 bits per heavy atom. The summed E-state index contributed by atoms with van der Waals surface area (Å²) in [7, 11) is 1.70. The minimum atomic E-state index is -0.421. The van der Waals surface area contributed by atoms with Crippen molar-refractivity contribution >= 4 is 5.96 Å². The minimum Gasteiger partial charge on any atom is -0.385 e. The Labute approximate surface area is 160 Å². The number of nitrogens with one attached hydrogen (secondary N) is 1. The fourth-order valence-corrected chi connectivity index (χ4v) is 3.13. The third kappa shape index (κ3) is 7.42. The largest absolute Gasteiger partial charge is 0.385 e. The predicted octanol–water partition coefficient (Wildman–Crippen LogP) is 2.99. The first-order valence-electron chi connectivity index (χ1n) is 9.71. The highest BCUT2D eigenvalue weighted by molar-refractivity contribution is 5.80. The SMILES string of the molecule is CCNC(=NCCc1cc(F)ccc1F)N1CCC(OCCCOC)CC1. The van der Waals surface area contributed by atoms with Gasteiger partial charge in [-0.3, -0.25) is 4.99 Å². The number of halogens is 2. The van der Waals surface area contributed by atoms with Crippen molar-refractivity contribution in [3.8, 4) is 0 Å². The molecule has 0 aliphatic carbocycles. The lowest BCUT2D eigenvalue weighted by molar-refractivity contribution is 0.00991. The molecule has 1 N–H and O–H groups in total. The smallest absolute Gasteiger partial charge is 0.193 e. The molecule has 7 heteroatoms. The molecule has 1 aromatic rings. The lowest BCUT2D eigenvalue weighted by Gasteiger charge is -2.34. The van der Waals surface area contributed by atoms with Crippen molar-refractivity contribution in [2.45, 2.75) is 38.7 Å². The number of ether oxygens (including phenoxy) is 2. The Morgan fingerprint density at radius 2 is 2.04 bits per heavy atom. The second-order valence-corrected chi connectivity index (χ2v) is 6.62. The highest BCUT2D eigenvalue weighted by atomic mass is 19.1. The van der Waals surface area contributed by atoms with Crippen LogP contribution in [0.15, 0.2) is 23.2 Å². The molecule has 0 atom stereocenters. The Balaban J connectivity index is 1.82. The molecule has 1 aliphatic heterocycles. The van der Waals surface area contributed by atoms with Gasteiger partial charge in [0.15, 0.2) is 5.96 Å². The van der Waals surface area contributed by atoms with E-state index in [9.17, 15) is 8.78 Å². The van der Waals surface area contributed by atoms with Crippen LogP contribution >= 0.6 is 0 Å². The van der Waals surface area contributed by atoms with Gasteiger partial charge in [-0.1, -0.05) is 0 Å². The number of hydrogen-bond donors (Lipinski definition) is 1. The van der Waals surface area contributed by atoms with E-state index in [2.05, 4.69) is 15.2 Å². The van der Waals surface area contributed by atoms with Gasteiger partial charge in [0.25, 0.3) is 0 Å². The summed E-state index contributed by atoms with van der Waals surface area (Å²) in [5.74, 6) is 0.0186. The Kier molecular flexibility index (Phi) is 9.48. The van der Waals surface area contributed by atoms with Crippen molar-refractivity contribution in [2.75, 3.05) is 46.5 Å². The molecule has 2 rings (SSSR count). The van der Waals surface area contributed by atoms with Gasteiger partial charge in [-0.25, -0.2) is 8.78 Å². The average Bonchev–Trinajstić information content (AvgIpc) is 2.68. The fourth-order valence-electron chi connectivity index (χ4n) is 3.13. The number of rotatable bonds is 9. The van der Waals surface area contributed by atoms with Gasteiger partial charge >= 0.3 is 0 Å². The van der Waals surface area contributed by atoms with Crippen LogP contribution in [0.3, 0.4) is 0 Å². The van der Waals surface area contributed by atoms with Crippen molar-refractivity contribution in [3.63, 3.8) is 0 Å². The summed E-state index contributed by atoms with van der Waals surface area (Å²) >= 11 is 0. The molecule has 1 fully saturated rings. The summed E-state index contributed by atoms with van der Waals surface area (Å²) in [6.45, 7) is 6.39. The summed E-state index contributed by atoms with van der Waals surface area (Å²) in [6.07, 6.45) is 3.48. The molecule has 0 radical (unpaired) electrons. The number of benzene rings is 1. The van der Waals surface area contributed by atoms with Crippen LogP contribution < -0.4 is 5.32 Å². The zero-order chi connectivity index (χ0) is 19.5. The lowest BCUT2D eigenvalue weighted by atomic mass is 10.1. The Morgan fingerprint density at radius 3 is 2.74 bits per heavy atom. The number of hydrogen-bond acceptors (Lipinski definition) is 3. The summed E-state index contributed by atoms with van der Waals surface area (Å²) in [5, 5.41) is 3.29. The molecular formula is C20H31F2N3O2. The highest BCUT2D eigenvalue weighted by Gasteiger charge is 2.21. The third-order valence-electron chi connectivity index (χ3n) is 4.57. The molecular weight excluding hydrogens is 352 g/mol. The number of guanidine groups is 1. The van der Waals surface area contributed by atoms with Crippen LogP contribution in [0.4, 0.5) is 8.78 Å². The van der Waals surface area contributed by atoms with Crippen LogP contribution in [0.5, 0.6) is 0 Å². The monoisotopic (exact) mass is 383 g/mol. The first-order chi connectivity index (χ1) is 13.1. The van der Waals surface area contributed by atoms with Gasteiger partial charge in [-0.05, 0) is 56.4 Å². The van der Waals surface area contributed by atoms with E-state index in [1.807, 2.05) is 6.92 Å².